The van der Waals surface area contributed by atoms with Crippen molar-refractivity contribution in [2.45, 2.75) is 53.2 Å². The zero-order valence-corrected chi connectivity index (χ0v) is 13.4. The van der Waals surface area contributed by atoms with E-state index in [1.165, 1.54) is 6.92 Å². The van der Waals surface area contributed by atoms with E-state index in [1.807, 2.05) is 32.9 Å². The molecule has 0 aromatic heterocycles. The van der Waals surface area contributed by atoms with Crippen molar-refractivity contribution in [3.8, 4) is 5.75 Å². The molecule has 1 rings (SSSR count). The molecule has 21 heavy (non-hydrogen) atoms. The van der Waals surface area contributed by atoms with Gasteiger partial charge in [0.05, 0.1) is 0 Å². The molecule has 0 aliphatic rings. The Morgan fingerprint density at radius 2 is 1.71 bits per heavy atom. The van der Waals surface area contributed by atoms with Crippen molar-refractivity contribution in [3.05, 3.63) is 28.8 Å². The minimum Gasteiger partial charge on any atom is -0.480 e. The molecule has 0 saturated heterocycles. The average molecular weight is 293 g/mol. The number of benzene rings is 1. The SMILES string of the molecule is Cc1ccc(C)c(OC(C)(C)C(=O)NC(C)C(=O)O)c1C. The number of amides is 1. The number of carboxylic acids is 1. The summed E-state index contributed by atoms with van der Waals surface area (Å²) in [6.45, 7) is 10.5. The monoisotopic (exact) mass is 293 g/mol. The number of ether oxygens (including phenoxy) is 1. The van der Waals surface area contributed by atoms with E-state index in [4.69, 9.17) is 9.84 Å². The van der Waals surface area contributed by atoms with Crippen LogP contribution in [0.3, 0.4) is 0 Å². The highest BCUT2D eigenvalue weighted by Crippen LogP contribution is 2.29. The quantitative estimate of drug-likeness (QED) is 0.874. The Hall–Kier alpha value is -2.04. The van der Waals surface area contributed by atoms with Gasteiger partial charge in [-0.3, -0.25) is 9.59 Å². The summed E-state index contributed by atoms with van der Waals surface area (Å²) in [5.41, 5.74) is 1.82. The van der Waals surface area contributed by atoms with Crippen molar-refractivity contribution in [3.63, 3.8) is 0 Å². The number of carbonyl (C=O) groups is 2. The van der Waals surface area contributed by atoms with Gasteiger partial charge in [0, 0.05) is 0 Å². The first-order valence-corrected chi connectivity index (χ1v) is 6.86. The highest BCUT2D eigenvalue weighted by Gasteiger charge is 2.33. The lowest BCUT2D eigenvalue weighted by Gasteiger charge is -2.28. The van der Waals surface area contributed by atoms with E-state index in [1.54, 1.807) is 13.8 Å². The van der Waals surface area contributed by atoms with Crippen LogP contribution in [0, 0.1) is 20.8 Å². The van der Waals surface area contributed by atoms with E-state index in [-0.39, 0.29) is 0 Å². The number of rotatable bonds is 5. The van der Waals surface area contributed by atoms with E-state index in [0.29, 0.717) is 5.75 Å². The summed E-state index contributed by atoms with van der Waals surface area (Å²) in [7, 11) is 0. The van der Waals surface area contributed by atoms with E-state index in [2.05, 4.69) is 5.32 Å². The third kappa shape index (κ3) is 3.97. The number of aliphatic carboxylic acids is 1. The van der Waals surface area contributed by atoms with Crippen LogP contribution in [-0.2, 0) is 9.59 Å². The fraction of sp³-hybridized carbons (Fsp3) is 0.500. The van der Waals surface area contributed by atoms with Gasteiger partial charge in [-0.1, -0.05) is 12.1 Å². The highest BCUT2D eigenvalue weighted by atomic mass is 16.5. The van der Waals surface area contributed by atoms with Gasteiger partial charge in [0.2, 0.25) is 0 Å². The summed E-state index contributed by atoms with van der Waals surface area (Å²) in [6.07, 6.45) is 0. The van der Waals surface area contributed by atoms with Gasteiger partial charge in [-0.25, -0.2) is 0 Å². The van der Waals surface area contributed by atoms with Gasteiger partial charge in [0.15, 0.2) is 5.60 Å². The van der Waals surface area contributed by atoms with E-state index in [0.717, 1.165) is 16.7 Å². The molecule has 0 radical (unpaired) electrons. The summed E-state index contributed by atoms with van der Waals surface area (Å²) < 4.78 is 5.88. The van der Waals surface area contributed by atoms with Crippen LogP contribution in [0.1, 0.15) is 37.5 Å². The summed E-state index contributed by atoms with van der Waals surface area (Å²) >= 11 is 0. The van der Waals surface area contributed by atoms with Crippen molar-refractivity contribution >= 4 is 11.9 Å². The van der Waals surface area contributed by atoms with Crippen molar-refractivity contribution in [2.24, 2.45) is 0 Å². The first kappa shape index (κ1) is 17.0. The Bertz CT molecular complexity index is 564. The van der Waals surface area contributed by atoms with Crippen molar-refractivity contribution in [1.29, 1.82) is 0 Å². The van der Waals surface area contributed by atoms with Crippen LogP contribution < -0.4 is 10.1 Å². The molecule has 5 heteroatoms. The number of carboxylic acid groups (broad SMARTS) is 1. The Labute approximate surface area is 125 Å². The molecule has 0 heterocycles. The van der Waals surface area contributed by atoms with Crippen LogP contribution in [-0.4, -0.2) is 28.6 Å². The van der Waals surface area contributed by atoms with Gasteiger partial charge in [-0.15, -0.1) is 0 Å². The lowest BCUT2D eigenvalue weighted by molar-refractivity contribution is -0.144. The van der Waals surface area contributed by atoms with Crippen LogP contribution in [0.25, 0.3) is 0 Å². The molecule has 0 fully saturated rings. The second-order valence-electron chi connectivity index (χ2n) is 5.80. The van der Waals surface area contributed by atoms with E-state index >= 15 is 0 Å². The molecule has 0 aliphatic carbocycles. The molecule has 0 saturated carbocycles. The molecule has 1 aromatic carbocycles. The topological polar surface area (TPSA) is 75.6 Å². The first-order valence-electron chi connectivity index (χ1n) is 6.86. The normalized spacial score (nSPS) is 12.7. The van der Waals surface area contributed by atoms with Crippen LogP contribution in [0.5, 0.6) is 5.75 Å². The summed E-state index contributed by atoms with van der Waals surface area (Å²) in [5.74, 6) is -0.877. The number of aryl methyl sites for hydroxylation is 2. The first-order chi connectivity index (χ1) is 9.56. The summed E-state index contributed by atoms with van der Waals surface area (Å²) in [5, 5.41) is 11.3. The number of carbonyl (C=O) groups excluding carboxylic acids is 1. The lowest BCUT2D eigenvalue weighted by Crippen LogP contribution is -2.51. The summed E-state index contributed by atoms with van der Waals surface area (Å²) in [6, 6.07) is 2.97. The largest absolute Gasteiger partial charge is 0.480 e. The maximum absolute atomic E-state index is 12.2. The maximum atomic E-state index is 12.2. The van der Waals surface area contributed by atoms with Gasteiger partial charge < -0.3 is 15.2 Å². The smallest absolute Gasteiger partial charge is 0.325 e. The molecule has 0 bridgehead atoms. The predicted octanol–water partition coefficient (Wildman–Crippen LogP) is 2.36. The van der Waals surface area contributed by atoms with Gasteiger partial charge in [-0.2, -0.15) is 0 Å². The molecular formula is C16H23NO4. The van der Waals surface area contributed by atoms with Crippen LogP contribution in [0.2, 0.25) is 0 Å². The van der Waals surface area contributed by atoms with Gasteiger partial charge >= 0.3 is 5.97 Å². The van der Waals surface area contributed by atoms with E-state index in [9.17, 15) is 9.59 Å². The molecular weight excluding hydrogens is 270 g/mol. The van der Waals surface area contributed by atoms with Crippen LogP contribution in [0.4, 0.5) is 0 Å². The number of nitrogens with one attached hydrogen (secondary N) is 1. The van der Waals surface area contributed by atoms with Crippen LogP contribution >= 0.6 is 0 Å². The Kier molecular flexibility index (Phi) is 4.99. The Balaban J connectivity index is 2.98. The second-order valence-corrected chi connectivity index (χ2v) is 5.80. The van der Waals surface area contributed by atoms with E-state index < -0.39 is 23.5 Å². The highest BCUT2D eigenvalue weighted by molar-refractivity contribution is 5.88. The summed E-state index contributed by atoms with van der Waals surface area (Å²) in [4.78, 5) is 23.0. The fourth-order valence-corrected chi connectivity index (χ4v) is 1.82. The van der Waals surface area contributed by atoms with Crippen molar-refractivity contribution in [2.75, 3.05) is 0 Å². The number of hydrogen-bond donors (Lipinski definition) is 2. The Morgan fingerprint density at radius 1 is 1.19 bits per heavy atom. The molecule has 5 nitrogen and oxygen atoms in total. The standard InChI is InChI=1S/C16H23NO4/c1-9-7-8-10(2)13(11(9)3)21-16(5,6)15(20)17-12(4)14(18)19/h7-8,12H,1-6H3,(H,17,20)(H,18,19). The number of hydrogen-bond acceptors (Lipinski definition) is 3. The molecule has 0 aliphatic heterocycles. The minimum atomic E-state index is -1.16. The lowest BCUT2D eigenvalue weighted by atomic mass is 10.0. The molecule has 0 spiro atoms. The molecule has 1 unspecified atom stereocenters. The van der Waals surface area contributed by atoms with Gasteiger partial charge in [-0.05, 0) is 58.2 Å². The third-order valence-corrected chi connectivity index (χ3v) is 3.50. The minimum absolute atomic E-state index is 0.460. The zero-order chi connectivity index (χ0) is 16.4. The van der Waals surface area contributed by atoms with Crippen LogP contribution in [0.15, 0.2) is 12.1 Å². The zero-order valence-electron chi connectivity index (χ0n) is 13.4. The van der Waals surface area contributed by atoms with Gasteiger partial charge in [0.25, 0.3) is 5.91 Å². The maximum Gasteiger partial charge on any atom is 0.325 e. The molecule has 2 N–H and O–H groups in total. The second kappa shape index (κ2) is 6.16. The van der Waals surface area contributed by atoms with Crippen molar-refractivity contribution < 1.29 is 19.4 Å². The Morgan fingerprint density at radius 3 is 2.24 bits per heavy atom. The fourth-order valence-electron chi connectivity index (χ4n) is 1.82. The molecule has 116 valence electrons. The predicted molar refractivity (Wildman–Crippen MR) is 80.6 cm³/mol. The average Bonchev–Trinajstić information content (AvgIpc) is 2.39. The molecule has 1 atom stereocenters. The van der Waals surface area contributed by atoms with Crippen molar-refractivity contribution in [1.82, 2.24) is 5.32 Å². The molecule has 1 amide bonds. The molecule has 1 aromatic rings. The third-order valence-electron chi connectivity index (χ3n) is 3.50. The van der Waals surface area contributed by atoms with Gasteiger partial charge in [0.1, 0.15) is 11.8 Å².